The summed E-state index contributed by atoms with van der Waals surface area (Å²) in [5.74, 6) is 1.66. The van der Waals surface area contributed by atoms with E-state index >= 15 is 0 Å². The monoisotopic (exact) mass is 429 g/mol. The van der Waals surface area contributed by atoms with Crippen LogP contribution in [0.1, 0.15) is 80.1 Å². The van der Waals surface area contributed by atoms with E-state index in [9.17, 15) is 14.0 Å². The van der Waals surface area contributed by atoms with Gasteiger partial charge in [0.1, 0.15) is 17.6 Å². The zero-order chi connectivity index (χ0) is 21.8. The van der Waals surface area contributed by atoms with Crippen molar-refractivity contribution in [3.8, 4) is 5.75 Å². The minimum absolute atomic E-state index is 0.0418. The number of hydrogen-bond donors (Lipinski definition) is 1. The van der Waals surface area contributed by atoms with Gasteiger partial charge in [0.05, 0.1) is 19.3 Å². The molecule has 0 saturated heterocycles. The molecule has 5 saturated carbocycles. The smallest absolute Gasteiger partial charge is 0.328 e. The highest BCUT2D eigenvalue weighted by atomic mass is 19.1. The topological polar surface area (TPSA) is 64.6 Å². The van der Waals surface area contributed by atoms with Gasteiger partial charge in [0.2, 0.25) is 0 Å². The van der Waals surface area contributed by atoms with Crippen molar-refractivity contribution in [1.29, 1.82) is 0 Å². The third kappa shape index (κ3) is 4.06. The van der Waals surface area contributed by atoms with Gasteiger partial charge in [0.25, 0.3) is 5.91 Å². The van der Waals surface area contributed by atoms with Crippen molar-refractivity contribution in [2.75, 3.05) is 13.7 Å². The van der Waals surface area contributed by atoms with Crippen molar-refractivity contribution < 1.29 is 23.5 Å². The first kappa shape index (κ1) is 20.8. The summed E-state index contributed by atoms with van der Waals surface area (Å²) in [6, 6.07) is 2.17. The molecule has 0 spiro atoms. The fourth-order valence-electron chi connectivity index (χ4n) is 6.79. The molecule has 0 aromatic heterocycles. The van der Waals surface area contributed by atoms with E-state index in [0.717, 1.165) is 36.2 Å². The second-order valence-electron chi connectivity index (χ2n) is 10.6. The fourth-order valence-corrected chi connectivity index (χ4v) is 6.79. The van der Waals surface area contributed by atoms with E-state index in [0.29, 0.717) is 18.3 Å². The number of hydrogen-bond acceptors (Lipinski definition) is 4. The van der Waals surface area contributed by atoms with Crippen molar-refractivity contribution >= 4 is 11.9 Å². The quantitative estimate of drug-likeness (QED) is 0.644. The SMILES string of the molecule is COC(=O)C(C)NC(=O)c1cc(C2CC2)c(OCC23CC4CC(CC(C4)C2)C3)cc1F. The highest BCUT2D eigenvalue weighted by Gasteiger charge is 2.51. The Morgan fingerprint density at radius 2 is 1.74 bits per heavy atom. The lowest BCUT2D eigenvalue weighted by Gasteiger charge is -2.56. The Morgan fingerprint density at radius 1 is 1.13 bits per heavy atom. The van der Waals surface area contributed by atoms with Crippen LogP contribution in [0.4, 0.5) is 4.39 Å². The first-order valence-corrected chi connectivity index (χ1v) is 11.7. The summed E-state index contributed by atoms with van der Waals surface area (Å²) in [5.41, 5.74) is 1.12. The van der Waals surface area contributed by atoms with Gasteiger partial charge in [-0.15, -0.1) is 0 Å². The standard InChI is InChI=1S/C25H32FNO4/c1-14(24(29)30-2)27-23(28)20-8-19(18-3-4-18)22(9-21(20)26)31-13-25-10-15-5-16(11-25)7-17(6-15)12-25/h8-9,14-18H,3-7,10-13H2,1-2H3,(H,27,28). The number of carbonyl (C=O) groups excluding carboxylic acids is 2. The summed E-state index contributed by atoms with van der Waals surface area (Å²) in [6.45, 7) is 2.17. The van der Waals surface area contributed by atoms with Crippen LogP contribution in [0.3, 0.4) is 0 Å². The van der Waals surface area contributed by atoms with Gasteiger partial charge in [0, 0.05) is 11.5 Å². The maximum atomic E-state index is 14.9. The molecule has 0 heterocycles. The molecule has 1 unspecified atom stereocenters. The van der Waals surface area contributed by atoms with Gasteiger partial charge >= 0.3 is 5.97 Å². The third-order valence-corrected chi connectivity index (χ3v) is 7.96. The predicted octanol–water partition coefficient (Wildman–Crippen LogP) is 4.59. The molecule has 0 aliphatic heterocycles. The number of amides is 1. The second-order valence-corrected chi connectivity index (χ2v) is 10.6. The molecule has 0 radical (unpaired) electrons. The van der Waals surface area contributed by atoms with Gasteiger partial charge in [0.15, 0.2) is 0 Å². The summed E-state index contributed by atoms with van der Waals surface area (Å²) in [4.78, 5) is 24.2. The highest BCUT2D eigenvalue weighted by Crippen LogP contribution is 2.60. The molecule has 4 bridgehead atoms. The summed E-state index contributed by atoms with van der Waals surface area (Å²) >= 11 is 0. The normalized spacial score (nSPS) is 31.9. The molecule has 5 fully saturated rings. The van der Waals surface area contributed by atoms with E-state index in [1.54, 1.807) is 6.07 Å². The van der Waals surface area contributed by atoms with Gasteiger partial charge in [-0.2, -0.15) is 0 Å². The molecule has 31 heavy (non-hydrogen) atoms. The number of benzene rings is 1. The zero-order valence-corrected chi connectivity index (χ0v) is 18.4. The number of nitrogens with one attached hydrogen (secondary N) is 1. The molecule has 6 rings (SSSR count). The Labute approximate surface area is 183 Å². The van der Waals surface area contributed by atoms with E-state index in [1.165, 1.54) is 58.6 Å². The van der Waals surface area contributed by atoms with Crippen LogP contribution < -0.4 is 10.1 Å². The third-order valence-electron chi connectivity index (χ3n) is 7.96. The van der Waals surface area contributed by atoms with Crippen molar-refractivity contribution in [3.63, 3.8) is 0 Å². The zero-order valence-electron chi connectivity index (χ0n) is 18.4. The molecular formula is C25H32FNO4. The van der Waals surface area contributed by atoms with Crippen LogP contribution >= 0.6 is 0 Å². The largest absolute Gasteiger partial charge is 0.493 e. The Hall–Kier alpha value is -2.11. The first-order chi connectivity index (χ1) is 14.9. The summed E-state index contributed by atoms with van der Waals surface area (Å²) in [7, 11) is 1.26. The number of rotatable bonds is 7. The highest BCUT2D eigenvalue weighted by molar-refractivity contribution is 5.97. The average Bonchev–Trinajstić information content (AvgIpc) is 3.55. The summed E-state index contributed by atoms with van der Waals surface area (Å²) in [6.07, 6.45) is 9.93. The van der Waals surface area contributed by atoms with Crippen LogP contribution in [0.15, 0.2) is 12.1 Å². The average molecular weight is 430 g/mol. The van der Waals surface area contributed by atoms with Crippen molar-refractivity contribution in [2.45, 2.75) is 70.3 Å². The van der Waals surface area contributed by atoms with Crippen LogP contribution in [0.5, 0.6) is 5.75 Å². The van der Waals surface area contributed by atoms with E-state index in [2.05, 4.69) is 10.1 Å². The van der Waals surface area contributed by atoms with Crippen LogP contribution in [0, 0.1) is 29.0 Å². The molecule has 1 aromatic carbocycles. The number of carbonyl (C=O) groups is 2. The number of ether oxygens (including phenoxy) is 2. The minimum atomic E-state index is -0.840. The summed E-state index contributed by atoms with van der Waals surface area (Å²) in [5, 5.41) is 2.52. The Kier molecular flexibility index (Phi) is 5.22. The minimum Gasteiger partial charge on any atom is -0.493 e. The molecule has 6 heteroatoms. The van der Waals surface area contributed by atoms with Crippen LogP contribution in [0.2, 0.25) is 0 Å². The number of halogens is 1. The Morgan fingerprint density at radius 3 is 2.29 bits per heavy atom. The lowest BCUT2D eigenvalue weighted by Crippen LogP contribution is -2.48. The molecule has 5 aliphatic rings. The molecule has 1 aromatic rings. The van der Waals surface area contributed by atoms with Crippen molar-refractivity contribution in [3.05, 3.63) is 29.1 Å². The van der Waals surface area contributed by atoms with Crippen molar-refractivity contribution in [2.24, 2.45) is 23.2 Å². The molecule has 1 atom stereocenters. The fraction of sp³-hybridized carbons (Fsp3) is 0.680. The van der Waals surface area contributed by atoms with Gasteiger partial charge in [-0.25, -0.2) is 9.18 Å². The Bertz CT molecular complexity index is 858. The van der Waals surface area contributed by atoms with Gasteiger partial charge in [-0.3, -0.25) is 4.79 Å². The maximum Gasteiger partial charge on any atom is 0.328 e. The number of methoxy groups -OCH3 is 1. The molecule has 1 amide bonds. The molecule has 5 nitrogen and oxygen atoms in total. The summed E-state index contributed by atoms with van der Waals surface area (Å²) < 4.78 is 25.9. The number of esters is 1. The van der Waals surface area contributed by atoms with Crippen LogP contribution in [-0.4, -0.2) is 31.6 Å². The van der Waals surface area contributed by atoms with Gasteiger partial charge in [-0.05, 0) is 93.6 Å². The molecule has 5 aliphatic carbocycles. The first-order valence-electron chi connectivity index (χ1n) is 11.7. The van der Waals surface area contributed by atoms with E-state index in [4.69, 9.17) is 4.74 Å². The molecule has 168 valence electrons. The maximum absolute atomic E-state index is 14.9. The van der Waals surface area contributed by atoms with Crippen molar-refractivity contribution in [1.82, 2.24) is 5.32 Å². The van der Waals surface area contributed by atoms with Crippen LogP contribution in [0.25, 0.3) is 0 Å². The van der Waals surface area contributed by atoms with Gasteiger partial charge in [-0.1, -0.05) is 0 Å². The second kappa shape index (κ2) is 7.79. The molecular weight excluding hydrogens is 397 g/mol. The van der Waals surface area contributed by atoms with E-state index in [-0.39, 0.29) is 11.0 Å². The van der Waals surface area contributed by atoms with Crippen LogP contribution in [-0.2, 0) is 9.53 Å². The van der Waals surface area contributed by atoms with Gasteiger partial charge < -0.3 is 14.8 Å². The van der Waals surface area contributed by atoms with E-state index in [1.807, 2.05) is 0 Å². The Balaban J connectivity index is 1.33. The van der Waals surface area contributed by atoms with E-state index < -0.39 is 23.7 Å². The lowest BCUT2D eigenvalue weighted by atomic mass is 9.50. The molecule has 1 N–H and O–H groups in total. The lowest BCUT2D eigenvalue weighted by molar-refractivity contribution is -0.142. The predicted molar refractivity (Wildman–Crippen MR) is 113 cm³/mol.